The molecule has 31 heavy (non-hydrogen) atoms. The van der Waals surface area contributed by atoms with Crippen LogP contribution >= 0.6 is 12.6 Å². The molecule has 0 saturated heterocycles. The largest absolute Gasteiger partial charge is 0.508 e. The summed E-state index contributed by atoms with van der Waals surface area (Å²) in [6.45, 7) is 2.11. The third kappa shape index (κ3) is 6.15. The molecule has 0 bridgehead atoms. The van der Waals surface area contributed by atoms with Crippen molar-refractivity contribution in [1.82, 2.24) is 0 Å². The molecule has 0 aromatic heterocycles. The quantitative estimate of drug-likeness (QED) is 0.326. The summed E-state index contributed by atoms with van der Waals surface area (Å²) in [7, 11) is 0. The summed E-state index contributed by atoms with van der Waals surface area (Å²) in [6, 6.07) is 19.9. The number of ether oxygens (including phenoxy) is 2. The molecule has 0 aliphatic carbocycles. The highest BCUT2D eigenvalue weighted by Gasteiger charge is 2.24. The maximum absolute atomic E-state index is 12.8. The molecule has 0 fully saturated rings. The van der Waals surface area contributed by atoms with Crippen molar-refractivity contribution in [2.24, 2.45) is 5.92 Å². The Balaban J connectivity index is 1.74. The van der Waals surface area contributed by atoms with Gasteiger partial charge in [-0.05, 0) is 35.6 Å². The highest BCUT2D eigenvalue weighted by molar-refractivity contribution is 7.81. The Morgan fingerprint density at radius 1 is 1.03 bits per heavy atom. The molecule has 0 spiro atoms. The second kappa shape index (κ2) is 10.7. The molecular formula is C24H25NO5S. The van der Waals surface area contributed by atoms with Crippen molar-refractivity contribution >= 4 is 41.2 Å². The number of nitrogens with one attached hydrogen (secondary N) is 1. The van der Waals surface area contributed by atoms with Crippen LogP contribution in [0.1, 0.15) is 25.0 Å². The van der Waals surface area contributed by atoms with Gasteiger partial charge in [-0.25, -0.2) is 4.79 Å². The van der Waals surface area contributed by atoms with Gasteiger partial charge in [0.15, 0.2) is 0 Å². The van der Waals surface area contributed by atoms with E-state index in [-0.39, 0.29) is 24.0 Å². The van der Waals surface area contributed by atoms with E-state index in [1.807, 2.05) is 49.4 Å². The number of hydrogen-bond acceptors (Lipinski definition) is 6. The zero-order chi connectivity index (χ0) is 22.2. The zero-order valence-electron chi connectivity index (χ0n) is 17.2. The molecule has 3 rings (SSSR count). The monoisotopic (exact) mass is 439 g/mol. The number of esters is 1. The number of phenols is 1. The van der Waals surface area contributed by atoms with E-state index in [0.717, 1.165) is 16.3 Å². The Labute approximate surface area is 186 Å². The number of fused-ring (bicyclic) bond motifs is 1. The van der Waals surface area contributed by atoms with Crippen molar-refractivity contribution in [2.75, 3.05) is 17.7 Å². The molecule has 2 N–H and O–H groups in total. The fraction of sp³-hybridized carbons (Fsp3) is 0.250. The van der Waals surface area contributed by atoms with Crippen LogP contribution in [-0.4, -0.2) is 29.5 Å². The van der Waals surface area contributed by atoms with Crippen LogP contribution in [0, 0.1) is 5.92 Å². The normalized spacial score (nSPS) is 12.7. The number of benzene rings is 3. The van der Waals surface area contributed by atoms with Crippen LogP contribution in [0.5, 0.6) is 5.75 Å². The van der Waals surface area contributed by atoms with Gasteiger partial charge in [0.25, 0.3) is 0 Å². The highest BCUT2D eigenvalue weighted by Crippen LogP contribution is 2.31. The Morgan fingerprint density at radius 2 is 1.74 bits per heavy atom. The molecule has 3 aromatic carbocycles. The first kappa shape index (κ1) is 22.5. The Kier molecular flexibility index (Phi) is 7.78. The van der Waals surface area contributed by atoms with Crippen LogP contribution < -0.4 is 5.32 Å². The third-order valence-corrected chi connectivity index (χ3v) is 5.22. The van der Waals surface area contributed by atoms with Crippen LogP contribution in [0.25, 0.3) is 10.8 Å². The fourth-order valence-electron chi connectivity index (χ4n) is 3.32. The van der Waals surface area contributed by atoms with Crippen molar-refractivity contribution in [3.8, 4) is 5.75 Å². The SMILES string of the molecule is C[C@@H](CCOC(=O)CS)[C@H](OC(=O)Nc1cccc2ccccc12)c1ccc(O)cc1. The topological polar surface area (TPSA) is 84.9 Å². The number of hydrogen-bond donors (Lipinski definition) is 3. The predicted molar refractivity (Wildman–Crippen MR) is 123 cm³/mol. The molecule has 162 valence electrons. The smallest absolute Gasteiger partial charge is 0.412 e. The maximum atomic E-state index is 12.8. The van der Waals surface area contributed by atoms with Crippen LogP contribution in [0.2, 0.25) is 0 Å². The maximum Gasteiger partial charge on any atom is 0.412 e. The van der Waals surface area contributed by atoms with Crippen molar-refractivity contribution in [3.05, 3.63) is 72.3 Å². The number of carbonyl (C=O) groups is 2. The van der Waals surface area contributed by atoms with Gasteiger partial charge in [-0.3, -0.25) is 10.1 Å². The number of rotatable bonds is 8. The van der Waals surface area contributed by atoms with Gasteiger partial charge in [-0.1, -0.05) is 55.5 Å². The summed E-state index contributed by atoms with van der Waals surface area (Å²) in [4.78, 5) is 24.1. The number of phenolic OH excluding ortho intramolecular Hbond substituents is 1. The number of anilines is 1. The molecule has 6 nitrogen and oxygen atoms in total. The predicted octanol–water partition coefficient (Wildman–Crippen LogP) is 5.33. The van der Waals surface area contributed by atoms with E-state index in [4.69, 9.17) is 9.47 Å². The minimum atomic E-state index is -0.592. The van der Waals surface area contributed by atoms with E-state index >= 15 is 0 Å². The number of thiol groups is 1. The van der Waals surface area contributed by atoms with Crippen LogP contribution in [0.3, 0.4) is 0 Å². The molecule has 0 heterocycles. The van der Waals surface area contributed by atoms with Gasteiger partial charge in [-0.15, -0.1) is 0 Å². The van der Waals surface area contributed by atoms with Crippen molar-refractivity contribution < 1.29 is 24.2 Å². The van der Waals surface area contributed by atoms with E-state index in [2.05, 4.69) is 17.9 Å². The molecule has 0 aliphatic heterocycles. The van der Waals surface area contributed by atoms with Gasteiger partial charge in [-0.2, -0.15) is 12.6 Å². The average molecular weight is 440 g/mol. The lowest BCUT2D eigenvalue weighted by atomic mass is 9.94. The first-order chi connectivity index (χ1) is 15.0. The minimum absolute atomic E-state index is 0.0136. The molecule has 2 atom stereocenters. The zero-order valence-corrected chi connectivity index (χ0v) is 18.0. The Bertz CT molecular complexity index is 1030. The van der Waals surface area contributed by atoms with Gasteiger partial charge in [0.05, 0.1) is 18.0 Å². The van der Waals surface area contributed by atoms with E-state index in [1.54, 1.807) is 24.3 Å². The Morgan fingerprint density at radius 3 is 2.48 bits per heavy atom. The molecule has 7 heteroatoms. The third-order valence-electron chi connectivity index (χ3n) is 4.96. The van der Waals surface area contributed by atoms with Crippen LogP contribution in [0.15, 0.2) is 66.7 Å². The van der Waals surface area contributed by atoms with Crippen LogP contribution in [-0.2, 0) is 14.3 Å². The summed E-state index contributed by atoms with van der Waals surface area (Å²) in [6.07, 6.45) is -0.689. The fourth-order valence-corrected chi connectivity index (χ4v) is 3.41. The van der Waals surface area contributed by atoms with Crippen molar-refractivity contribution in [3.63, 3.8) is 0 Å². The van der Waals surface area contributed by atoms with E-state index in [9.17, 15) is 14.7 Å². The van der Waals surface area contributed by atoms with Gasteiger partial charge in [0.1, 0.15) is 11.9 Å². The molecule has 0 radical (unpaired) electrons. The van der Waals surface area contributed by atoms with Gasteiger partial charge in [0.2, 0.25) is 0 Å². The summed E-state index contributed by atoms with van der Waals surface area (Å²) in [5, 5.41) is 14.3. The average Bonchev–Trinajstić information content (AvgIpc) is 2.78. The molecular weight excluding hydrogens is 414 g/mol. The van der Waals surface area contributed by atoms with Gasteiger partial charge >= 0.3 is 12.1 Å². The van der Waals surface area contributed by atoms with E-state index in [1.165, 1.54) is 0 Å². The van der Waals surface area contributed by atoms with Gasteiger partial charge < -0.3 is 14.6 Å². The highest BCUT2D eigenvalue weighted by atomic mass is 32.1. The lowest BCUT2D eigenvalue weighted by Gasteiger charge is -2.25. The second-order valence-corrected chi connectivity index (χ2v) is 7.53. The summed E-state index contributed by atoms with van der Waals surface area (Å²) in [5.41, 5.74) is 1.39. The lowest BCUT2D eigenvalue weighted by molar-refractivity contribution is -0.141. The van der Waals surface area contributed by atoms with Crippen molar-refractivity contribution in [1.29, 1.82) is 0 Å². The Hall–Kier alpha value is -3.19. The summed E-state index contributed by atoms with van der Waals surface area (Å²) >= 11 is 3.89. The molecule has 0 saturated carbocycles. The molecule has 1 amide bonds. The number of aromatic hydroxyl groups is 1. The summed E-state index contributed by atoms with van der Waals surface area (Å²) in [5.74, 6) is -0.403. The first-order valence-corrected chi connectivity index (χ1v) is 10.6. The number of carbonyl (C=O) groups excluding carboxylic acids is 2. The minimum Gasteiger partial charge on any atom is -0.508 e. The molecule has 0 unspecified atom stereocenters. The summed E-state index contributed by atoms with van der Waals surface area (Å²) < 4.78 is 10.9. The van der Waals surface area contributed by atoms with E-state index < -0.39 is 18.2 Å². The number of amides is 1. The lowest BCUT2D eigenvalue weighted by Crippen LogP contribution is -2.23. The van der Waals surface area contributed by atoms with E-state index in [0.29, 0.717) is 12.1 Å². The molecule has 0 aliphatic rings. The molecule has 3 aromatic rings. The van der Waals surface area contributed by atoms with Crippen molar-refractivity contribution in [2.45, 2.75) is 19.4 Å². The standard InChI is InChI=1S/C24H25NO5S/c1-16(13-14-29-22(27)15-31)23(18-9-11-19(26)12-10-18)30-24(28)25-21-8-4-6-17-5-2-3-7-20(17)21/h2-12,16,23,26,31H,13-15H2,1H3,(H,25,28)/t16-,23-/m0/s1. The first-order valence-electron chi connectivity index (χ1n) is 9.98. The second-order valence-electron chi connectivity index (χ2n) is 7.21. The van der Waals surface area contributed by atoms with Gasteiger partial charge in [0, 0.05) is 11.3 Å². The van der Waals surface area contributed by atoms with Crippen LogP contribution in [0.4, 0.5) is 10.5 Å².